The van der Waals surface area contributed by atoms with Crippen LogP contribution in [0.1, 0.15) is 5.56 Å². The molecule has 100 valence electrons. The third-order valence-electron chi connectivity index (χ3n) is 2.57. The second-order valence-electron chi connectivity index (χ2n) is 4.26. The van der Waals surface area contributed by atoms with Crippen LogP contribution in [0.4, 0.5) is 8.78 Å². The maximum absolute atomic E-state index is 13.7. The van der Waals surface area contributed by atoms with E-state index in [4.69, 9.17) is 4.74 Å². The van der Waals surface area contributed by atoms with Gasteiger partial charge in [-0.15, -0.1) is 0 Å². The van der Waals surface area contributed by atoms with Gasteiger partial charge in [-0.2, -0.15) is 0 Å². The Morgan fingerprint density at radius 1 is 0.947 bits per heavy atom. The maximum Gasteiger partial charge on any atom is 0.285 e. The van der Waals surface area contributed by atoms with Gasteiger partial charge < -0.3 is 4.74 Å². The number of benzene rings is 2. The van der Waals surface area contributed by atoms with Crippen LogP contribution in [0.2, 0.25) is 0 Å². The largest absolute Gasteiger partial charge is 0.487 e. The first-order valence-electron chi connectivity index (χ1n) is 5.85. The van der Waals surface area contributed by atoms with Gasteiger partial charge in [0.15, 0.2) is 6.61 Å². The maximum atomic E-state index is 13.7. The zero-order valence-electron chi connectivity index (χ0n) is 10.2. The SMILES string of the molecule is FC(F)(COc1ccc(Br)cc1)Cc1ccccc1. The lowest BCUT2D eigenvalue weighted by Crippen LogP contribution is -2.28. The van der Waals surface area contributed by atoms with Crippen molar-refractivity contribution in [3.8, 4) is 5.75 Å². The second kappa shape index (κ2) is 6.15. The molecule has 0 amide bonds. The van der Waals surface area contributed by atoms with Crippen LogP contribution in [0.15, 0.2) is 59.1 Å². The molecule has 0 aliphatic carbocycles. The van der Waals surface area contributed by atoms with Crippen LogP contribution in [0.5, 0.6) is 5.75 Å². The van der Waals surface area contributed by atoms with E-state index in [2.05, 4.69) is 15.9 Å². The first-order valence-corrected chi connectivity index (χ1v) is 6.65. The van der Waals surface area contributed by atoms with Gasteiger partial charge in [0.2, 0.25) is 0 Å². The molecule has 2 rings (SSSR count). The summed E-state index contributed by atoms with van der Waals surface area (Å²) in [5, 5.41) is 0. The highest BCUT2D eigenvalue weighted by Crippen LogP contribution is 2.23. The van der Waals surface area contributed by atoms with Crippen LogP contribution >= 0.6 is 15.9 Å². The fourth-order valence-corrected chi connectivity index (χ4v) is 1.93. The molecule has 0 heterocycles. The molecule has 1 nitrogen and oxygen atoms in total. The standard InChI is InChI=1S/C15H13BrF2O/c16-13-6-8-14(9-7-13)19-11-15(17,18)10-12-4-2-1-3-5-12/h1-9H,10-11H2. The van der Waals surface area contributed by atoms with E-state index < -0.39 is 12.5 Å². The van der Waals surface area contributed by atoms with Gasteiger partial charge in [-0.05, 0) is 29.8 Å². The Bertz CT molecular complexity index is 511. The van der Waals surface area contributed by atoms with E-state index in [1.54, 1.807) is 54.6 Å². The van der Waals surface area contributed by atoms with Crippen molar-refractivity contribution >= 4 is 15.9 Å². The summed E-state index contributed by atoms with van der Waals surface area (Å²) in [4.78, 5) is 0. The normalized spacial score (nSPS) is 11.3. The van der Waals surface area contributed by atoms with Gasteiger partial charge in [0.1, 0.15) is 5.75 Å². The quantitative estimate of drug-likeness (QED) is 0.773. The van der Waals surface area contributed by atoms with Crippen LogP contribution in [-0.4, -0.2) is 12.5 Å². The second-order valence-corrected chi connectivity index (χ2v) is 5.18. The summed E-state index contributed by atoms with van der Waals surface area (Å²) in [5.41, 5.74) is 0.604. The first kappa shape index (κ1) is 14.0. The summed E-state index contributed by atoms with van der Waals surface area (Å²) < 4.78 is 33.5. The highest BCUT2D eigenvalue weighted by Gasteiger charge is 2.30. The molecule has 2 aromatic rings. The van der Waals surface area contributed by atoms with Crippen molar-refractivity contribution in [2.45, 2.75) is 12.3 Å². The Hall–Kier alpha value is -1.42. The Balaban J connectivity index is 1.92. The van der Waals surface area contributed by atoms with E-state index in [1.807, 2.05) is 0 Å². The van der Waals surface area contributed by atoms with Gasteiger partial charge >= 0.3 is 0 Å². The summed E-state index contributed by atoms with van der Waals surface area (Å²) >= 11 is 3.28. The van der Waals surface area contributed by atoms with E-state index in [-0.39, 0.29) is 6.42 Å². The molecule has 0 radical (unpaired) electrons. The molecule has 0 bridgehead atoms. The molecule has 0 atom stereocenters. The number of halogens is 3. The fraction of sp³-hybridized carbons (Fsp3) is 0.200. The molecule has 0 aromatic heterocycles. The average molecular weight is 327 g/mol. The van der Waals surface area contributed by atoms with E-state index in [0.717, 1.165) is 4.47 Å². The van der Waals surface area contributed by atoms with Crippen LogP contribution in [0.25, 0.3) is 0 Å². The Morgan fingerprint density at radius 2 is 1.58 bits per heavy atom. The molecule has 0 saturated heterocycles. The summed E-state index contributed by atoms with van der Waals surface area (Å²) in [6, 6.07) is 15.5. The van der Waals surface area contributed by atoms with Crippen LogP contribution in [0.3, 0.4) is 0 Å². The molecular weight excluding hydrogens is 314 g/mol. The highest BCUT2D eigenvalue weighted by molar-refractivity contribution is 9.10. The molecular formula is C15H13BrF2O. The van der Waals surface area contributed by atoms with Crippen LogP contribution < -0.4 is 4.74 Å². The molecule has 0 unspecified atom stereocenters. The minimum absolute atomic E-state index is 0.315. The van der Waals surface area contributed by atoms with Crippen molar-refractivity contribution in [1.82, 2.24) is 0 Å². The van der Waals surface area contributed by atoms with Crippen molar-refractivity contribution in [3.05, 3.63) is 64.6 Å². The number of hydrogen-bond donors (Lipinski definition) is 0. The molecule has 19 heavy (non-hydrogen) atoms. The van der Waals surface area contributed by atoms with E-state index in [1.165, 1.54) is 0 Å². The monoisotopic (exact) mass is 326 g/mol. The third-order valence-corrected chi connectivity index (χ3v) is 3.10. The number of alkyl halides is 2. The van der Waals surface area contributed by atoms with Crippen molar-refractivity contribution < 1.29 is 13.5 Å². The Labute approximate surface area is 119 Å². The smallest absolute Gasteiger partial charge is 0.285 e. The van der Waals surface area contributed by atoms with E-state index in [0.29, 0.717) is 11.3 Å². The van der Waals surface area contributed by atoms with E-state index >= 15 is 0 Å². The topological polar surface area (TPSA) is 9.23 Å². The Kier molecular flexibility index (Phi) is 4.53. The molecule has 0 spiro atoms. The fourth-order valence-electron chi connectivity index (χ4n) is 1.67. The van der Waals surface area contributed by atoms with Gasteiger partial charge in [-0.3, -0.25) is 0 Å². The van der Waals surface area contributed by atoms with Gasteiger partial charge in [0.25, 0.3) is 5.92 Å². The number of hydrogen-bond acceptors (Lipinski definition) is 1. The summed E-state index contributed by atoms with van der Waals surface area (Å²) in [6.45, 7) is -0.622. The van der Waals surface area contributed by atoms with Gasteiger partial charge in [-0.25, -0.2) is 8.78 Å². The molecule has 0 N–H and O–H groups in total. The van der Waals surface area contributed by atoms with Crippen molar-refractivity contribution in [3.63, 3.8) is 0 Å². The lowest BCUT2D eigenvalue weighted by molar-refractivity contribution is -0.0400. The molecule has 0 saturated carbocycles. The molecule has 0 aliphatic rings. The Morgan fingerprint density at radius 3 is 2.21 bits per heavy atom. The van der Waals surface area contributed by atoms with E-state index in [9.17, 15) is 8.78 Å². The predicted molar refractivity (Wildman–Crippen MR) is 74.7 cm³/mol. The zero-order valence-corrected chi connectivity index (χ0v) is 11.7. The van der Waals surface area contributed by atoms with Gasteiger partial charge in [-0.1, -0.05) is 46.3 Å². The van der Waals surface area contributed by atoms with Crippen molar-refractivity contribution in [1.29, 1.82) is 0 Å². The third kappa shape index (κ3) is 4.63. The minimum atomic E-state index is -2.88. The highest BCUT2D eigenvalue weighted by atomic mass is 79.9. The molecule has 0 fully saturated rings. The minimum Gasteiger partial charge on any atom is -0.487 e. The molecule has 2 aromatic carbocycles. The lowest BCUT2D eigenvalue weighted by Gasteiger charge is -2.17. The zero-order chi connectivity index (χ0) is 13.7. The molecule has 0 aliphatic heterocycles. The van der Waals surface area contributed by atoms with Crippen LogP contribution in [-0.2, 0) is 6.42 Å². The number of rotatable bonds is 5. The number of ether oxygens (including phenoxy) is 1. The molecule has 4 heteroatoms. The summed E-state index contributed by atoms with van der Waals surface area (Å²) in [5.74, 6) is -2.44. The first-order chi connectivity index (χ1) is 9.05. The van der Waals surface area contributed by atoms with Crippen molar-refractivity contribution in [2.24, 2.45) is 0 Å². The van der Waals surface area contributed by atoms with Gasteiger partial charge in [0.05, 0.1) is 0 Å². The summed E-state index contributed by atoms with van der Waals surface area (Å²) in [6.07, 6.45) is -0.315. The predicted octanol–water partition coefficient (Wildman–Crippen LogP) is 4.71. The summed E-state index contributed by atoms with van der Waals surface area (Å²) in [7, 11) is 0. The van der Waals surface area contributed by atoms with Gasteiger partial charge in [0, 0.05) is 10.9 Å². The van der Waals surface area contributed by atoms with Crippen LogP contribution in [0, 0.1) is 0 Å². The average Bonchev–Trinajstić information content (AvgIpc) is 2.39. The van der Waals surface area contributed by atoms with Crippen molar-refractivity contribution in [2.75, 3.05) is 6.61 Å². The lowest BCUT2D eigenvalue weighted by atomic mass is 10.1.